The third-order valence-electron chi connectivity index (χ3n) is 4.23. The summed E-state index contributed by atoms with van der Waals surface area (Å²) in [5.41, 5.74) is -0.991. The topological polar surface area (TPSA) is 36.9 Å². The van der Waals surface area contributed by atoms with Crippen LogP contribution in [0.4, 0.5) is 0 Å². The third-order valence-corrected chi connectivity index (χ3v) is 4.23. The van der Waals surface area contributed by atoms with Gasteiger partial charge in [0.05, 0.1) is 22.9 Å². The van der Waals surface area contributed by atoms with E-state index in [2.05, 4.69) is 13.8 Å². The van der Waals surface area contributed by atoms with Gasteiger partial charge in [-0.1, -0.05) is 20.3 Å². The van der Waals surface area contributed by atoms with Crippen molar-refractivity contribution in [2.45, 2.75) is 91.6 Å². The summed E-state index contributed by atoms with van der Waals surface area (Å²) in [6.45, 7) is 18.4. The van der Waals surface area contributed by atoms with Crippen molar-refractivity contribution in [2.24, 2.45) is 0 Å². The first-order chi connectivity index (χ1) is 8.97. The monoisotopic (exact) mass is 284 g/mol. The molecule has 2 saturated heterocycles. The van der Waals surface area contributed by atoms with Crippen LogP contribution in [0.5, 0.6) is 0 Å². The quantitative estimate of drug-likeness (QED) is 0.692. The van der Waals surface area contributed by atoms with Crippen LogP contribution >= 0.6 is 0 Å². The minimum absolute atomic E-state index is 0.0338. The van der Waals surface area contributed by atoms with Gasteiger partial charge in [0.1, 0.15) is 0 Å². The molecule has 116 valence electrons. The van der Waals surface area contributed by atoms with Gasteiger partial charge in [0.2, 0.25) is 0 Å². The van der Waals surface area contributed by atoms with Crippen molar-refractivity contribution in [3.8, 4) is 0 Å². The fourth-order valence-corrected chi connectivity index (χ4v) is 1.91. The van der Waals surface area contributed by atoms with Crippen LogP contribution in [0.2, 0.25) is 0 Å². The summed E-state index contributed by atoms with van der Waals surface area (Å²) in [5, 5.41) is 0. The Balaban J connectivity index is 0.000000612. The van der Waals surface area contributed by atoms with Crippen LogP contribution < -0.4 is 0 Å². The van der Waals surface area contributed by atoms with Gasteiger partial charge in [0.25, 0.3) is 0 Å². The van der Waals surface area contributed by atoms with Gasteiger partial charge in [0.15, 0.2) is 0 Å². The lowest BCUT2D eigenvalue weighted by atomic mass is 9.49. The first-order valence-electron chi connectivity index (χ1n) is 7.65. The van der Waals surface area contributed by atoms with Gasteiger partial charge >= 0.3 is 14.0 Å². The Bertz CT molecular complexity index is 315. The van der Waals surface area contributed by atoms with E-state index in [4.69, 9.17) is 18.6 Å². The zero-order valence-electron chi connectivity index (χ0n) is 14.6. The lowest BCUT2D eigenvalue weighted by molar-refractivity contribution is 0.00578. The van der Waals surface area contributed by atoms with E-state index in [1.54, 1.807) is 0 Å². The van der Waals surface area contributed by atoms with Gasteiger partial charge in [-0.3, -0.25) is 0 Å². The van der Waals surface area contributed by atoms with Crippen LogP contribution in [0.3, 0.4) is 0 Å². The number of hydrogen-bond acceptors (Lipinski definition) is 4. The molecule has 1 atom stereocenters. The van der Waals surface area contributed by atoms with E-state index in [0.29, 0.717) is 0 Å². The molecule has 0 saturated carbocycles. The SMILES string of the molecule is CC1OB(B2OC(C)(C)C(C)(C)O2)OC1(C)C.CCC. The van der Waals surface area contributed by atoms with Crippen LogP contribution in [0.25, 0.3) is 0 Å². The van der Waals surface area contributed by atoms with Gasteiger partial charge in [-0.15, -0.1) is 0 Å². The summed E-state index contributed by atoms with van der Waals surface area (Å²) < 4.78 is 23.5. The Morgan fingerprint density at radius 2 is 1.20 bits per heavy atom. The summed E-state index contributed by atoms with van der Waals surface area (Å²) in [7, 11) is -0.898. The molecule has 2 rings (SSSR count). The molecule has 6 heteroatoms. The molecular formula is C14H30B2O4. The molecule has 1 unspecified atom stereocenters. The molecule has 2 heterocycles. The van der Waals surface area contributed by atoms with Crippen molar-refractivity contribution in [2.75, 3.05) is 0 Å². The minimum Gasteiger partial charge on any atom is -0.408 e. The molecule has 2 fully saturated rings. The molecule has 0 aromatic rings. The molecule has 2 aliphatic heterocycles. The Morgan fingerprint density at radius 1 is 0.800 bits per heavy atom. The maximum absolute atomic E-state index is 5.92. The van der Waals surface area contributed by atoms with Crippen molar-refractivity contribution in [3.63, 3.8) is 0 Å². The Hall–Kier alpha value is -0.0301. The van der Waals surface area contributed by atoms with Gasteiger partial charge in [0, 0.05) is 0 Å². The lowest BCUT2D eigenvalue weighted by Gasteiger charge is -2.32. The number of hydrogen-bond donors (Lipinski definition) is 0. The maximum atomic E-state index is 5.92. The molecule has 0 N–H and O–H groups in total. The van der Waals surface area contributed by atoms with Crippen LogP contribution in [-0.4, -0.2) is 36.9 Å². The predicted octanol–water partition coefficient (Wildman–Crippen LogP) is 3.28. The molecule has 0 aromatic heterocycles. The largest absolute Gasteiger partial charge is 0.488 e. The van der Waals surface area contributed by atoms with Gasteiger partial charge < -0.3 is 18.6 Å². The molecule has 4 nitrogen and oxygen atoms in total. The summed E-state index contributed by atoms with van der Waals surface area (Å²) in [5.74, 6) is 0. The van der Waals surface area contributed by atoms with E-state index in [1.165, 1.54) is 6.42 Å². The van der Waals surface area contributed by atoms with Crippen LogP contribution in [-0.2, 0) is 18.6 Å². The summed E-state index contributed by atoms with van der Waals surface area (Å²) in [4.78, 5) is 0. The highest BCUT2D eigenvalue weighted by molar-refractivity contribution is 7.11. The van der Waals surface area contributed by atoms with Gasteiger partial charge in [-0.05, 0) is 48.5 Å². The lowest BCUT2D eigenvalue weighted by Crippen LogP contribution is -2.41. The van der Waals surface area contributed by atoms with Crippen LogP contribution in [0.1, 0.15) is 68.7 Å². The minimum atomic E-state index is -0.454. The summed E-state index contributed by atoms with van der Waals surface area (Å²) in [6, 6.07) is 0. The second-order valence-electron chi connectivity index (χ2n) is 7.20. The second kappa shape index (κ2) is 5.99. The average Bonchev–Trinajstić information content (AvgIpc) is 2.63. The first-order valence-corrected chi connectivity index (χ1v) is 7.65. The smallest absolute Gasteiger partial charge is 0.408 e. The number of rotatable bonds is 1. The maximum Gasteiger partial charge on any atom is 0.488 e. The molecule has 2 aliphatic rings. The Morgan fingerprint density at radius 3 is 1.50 bits per heavy atom. The molecule has 20 heavy (non-hydrogen) atoms. The fourth-order valence-electron chi connectivity index (χ4n) is 1.91. The molecule has 0 bridgehead atoms. The zero-order chi connectivity index (χ0) is 15.8. The van der Waals surface area contributed by atoms with Crippen LogP contribution in [0, 0.1) is 0 Å². The van der Waals surface area contributed by atoms with E-state index in [0.717, 1.165) is 0 Å². The standard InChI is InChI=1S/C11H22B2O4.C3H8/c1-8-9(2,3)15-12(14-8)13-16-10(4,5)11(6,7)17-13;1-3-2/h8H,1-7H3;3H2,1-2H3. The normalized spacial score (nSPS) is 30.1. The van der Waals surface area contributed by atoms with E-state index in [9.17, 15) is 0 Å². The summed E-state index contributed by atoms with van der Waals surface area (Å²) in [6.07, 6.45) is 1.28. The molecule has 0 amide bonds. The third kappa shape index (κ3) is 3.59. The molecule has 0 radical (unpaired) electrons. The van der Waals surface area contributed by atoms with Gasteiger partial charge in [-0.25, -0.2) is 0 Å². The molecule has 0 aliphatic carbocycles. The second-order valence-corrected chi connectivity index (χ2v) is 7.20. The van der Waals surface area contributed by atoms with E-state index in [1.807, 2.05) is 48.5 Å². The van der Waals surface area contributed by atoms with Crippen molar-refractivity contribution < 1.29 is 18.6 Å². The summed E-state index contributed by atoms with van der Waals surface area (Å²) >= 11 is 0. The van der Waals surface area contributed by atoms with Crippen molar-refractivity contribution in [1.29, 1.82) is 0 Å². The molecule has 0 spiro atoms. The highest BCUT2D eigenvalue weighted by atomic mass is 16.7. The van der Waals surface area contributed by atoms with Crippen molar-refractivity contribution in [1.82, 2.24) is 0 Å². The molecule has 0 aromatic carbocycles. The van der Waals surface area contributed by atoms with Crippen LogP contribution in [0.15, 0.2) is 0 Å². The van der Waals surface area contributed by atoms with E-state index < -0.39 is 14.0 Å². The Labute approximate surface area is 125 Å². The van der Waals surface area contributed by atoms with Gasteiger partial charge in [-0.2, -0.15) is 0 Å². The van der Waals surface area contributed by atoms with E-state index >= 15 is 0 Å². The highest BCUT2D eigenvalue weighted by Crippen LogP contribution is 2.39. The van der Waals surface area contributed by atoms with Crippen molar-refractivity contribution >= 4 is 14.0 Å². The average molecular weight is 284 g/mol. The predicted molar refractivity (Wildman–Crippen MR) is 83.5 cm³/mol. The Kier molecular flexibility index (Phi) is 5.40. The zero-order valence-corrected chi connectivity index (χ0v) is 14.6. The molecular weight excluding hydrogens is 254 g/mol. The fraction of sp³-hybridized carbons (Fsp3) is 1.00. The highest BCUT2D eigenvalue weighted by Gasteiger charge is 2.61. The first kappa shape index (κ1) is 18.0. The van der Waals surface area contributed by atoms with E-state index in [-0.39, 0.29) is 22.9 Å². The van der Waals surface area contributed by atoms with Crippen molar-refractivity contribution in [3.05, 3.63) is 0 Å².